The van der Waals surface area contributed by atoms with E-state index in [4.69, 9.17) is 9.47 Å². The summed E-state index contributed by atoms with van der Waals surface area (Å²) in [4.78, 5) is 36.2. The molecular formula is C37H62O7. The molecule has 0 saturated carbocycles. The zero-order valence-corrected chi connectivity index (χ0v) is 27.9. The van der Waals surface area contributed by atoms with E-state index in [1.54, 1.807) is 12.2 Å². The molecule has 1 aliphatic rings. The molecule has 0 aromatic heterocycles. The van der Waals surface area contributed by atoms with E-state index >= 15 is 0 Å². The van der Waals surface area contributed by atoms with Gasteiger partial charge in [0.15, 0.2) is 5.78 Å². The van der Waals surface area contributed by atoms with Gasteiger partial charge in [-0.15, -0.1) is 0 Å². The largest absolute Gasteiger partial charge is 0.463 e. The highest BCUT2D eigenvalue weighted by atomic mass is 16.6. The first-order valence-electron chi connectivity index (χ1n) is 17.5. The van der Waals surface area contributed by atoms with Crippen molar-refractivity contribution < 1.29 is 34.1 Å². The van der Waals surface area contributed by atoms with E-state index in [9.17, 15) is 24.6 Å². The summed E-state index contributed by atoms with van der Waals surface area (Å²) in [5.41, 5.74) is 0. The minimum absolute atomic E-state index is 0.0731. The Bertz CT molecular complexity index is 860. The summed E-state index contributed by atoms with van der Waals surface area (Å²) >= 11 is 0. The summed E-state index contributed by atoms with van der Waals surface area (Å²) in [6, 6.07) is 0. The minimum atomic E-state index is -1.03. The van der Waals surface area contributed by atoms with Crippen molar-refractivity contribution in [3.63, 3.8) is 0 Å². The number of rotatable bonds is 27. The molecule has 7 heteroatoms. The van der Waals surface area contributed by atoms with Gasteiger partial charge in [0.1, 0.15) is 19.3 Å². The lowest BCUT2D eigenvalue weighted by atomic mass is 9.90. The first kappa shape index (κ1) is 39.8. The number of carbonyl (C=O) groups excluding carboxylic acids is 3. The molecule has 1 rings (SSSR count). The molecule has 0 aromatic rings. The van der Waals surface area contributed by atoms with Gasteiger partial charge in [-0.25, -0.2) is 0 Å². The Kier molecular flexibility index (Phi) is 23.5. The van der Waals surface area contributed by atoms with Crippen LogP contribution in [0, 0.1) is 17.8 Å². The molecule has 44 heavy (non-hydrogen) atoms. The van der Waals surface area contributed by atoms with Crippen molar-refractivity contribution in [2.75, 3.05) is 13.2 Å². The highest BCUT2D eigenvalue weighted by molar-refractivity contribution is 5.95. The lowest BCUT2D eigenvalue weighted by molar-refractivity contribution is -0.152. The van der Waals surface area contributed by atoms with Crippen LogP contribution in [-0.4, -0.2) is 53.4 Å². The van der Waals surface area contributed by atoms with Gasteiger partial charge >= 0.3 is 11.9 Å². The fourth-order valence-corrected chi connectivity index (χ4v) is 5.26. The molecule has 0 radical (unpaired) electrons. The molecule has 4 atom stereocenters. The summed E-state index contributed by atoms with van der Waals surface area (Å²) < 4.78 is 10.2. The third-order valence-corrected chi connectivity index (χ3v) is 8.05. The number of aliphatic hydroxyl groups is 2. The monoisotopic (exact) mass is 618 g/mol. The molecule has 2 N–H and O–H groups in total. The van der Waals surface area contributed by atoms with Gasteiger partial charge in [-0.3, -0.25) is 14.4 Å². The maximum absolute atomic E-state index is 12.2. The van der Waals surface area contributed by atoms with Crippen LogP contribution < -0.4 is 0 Å². The standard InChI is InChI=1S/C37H62O7/c1-4-5-14-21-32(38)25-26-34-31(24-27-35(34)40)20-16-12-13-18-23-37(42)44-29-33(39)28-43-36(41)22-17-11-9-7-6-8-10-15-19-30(2)3/h12,16,24-27,30-34,38-39H,4-11,13-15,17-23,28-29H2,1-3H3/b16-12-,26-25+/t31-,32-,33-,34+/m0/s1. The Morgan fingerprint density at radius 3 is 2.05 bits per heavy atom. The maximum Gasteiger partial charge on any atom is 0.305 e. The summed E-state index contributed by atoms with van der Waals surface area (Å²) in [6.45, 7) is 6.31. The van der Waals surface area contributed by atoms with E-state index in [2.05, 4.69) is 20.8 Å². The first-order valence-corrected chi connectivity index (χ1v) is 17.5. The number of aliphatic hydroxyl groups excluding tert-OH is 2. The van der Waals surface area contributed by atoms with Crippen LogP contribution in [0.15, 0.2) is 36.5 Å². The van der Waals surface area contributed by atoms with Crippen LogP contribution in [0.4, 0.5) is 0 Å². The normalized spacial score (nSPS) is 18.1. The second-order valence-electron chi connectivity index (χ2n) is 12.8. The highest BCUT2D eigenvalue weighted by Gasteiger charge is 2.26. The molecular weight excluding hydrogens is 556 g/mol. The number of carbonyl (C=O) groups is 3. The topological polar surface area (TPSA) is 110 Å². The van der Waals surface area contributed by atoms with Gasteiger partial charge in [-0.1, -0.05) is 122 Å². The second kappa shape index (κ2) is 26.0. The second-order valence-corrected chi connectivity index (χ2v) is 12.8. The molecule has 252 valence electrons. The molecule has 0 heterocycles. The van der Waals surface area contributed by atoms with E-state index in [1.807, 2.05) is 24.3 Å². The number of hydrogen-bond donors (Lipinski definition) is 2. The number of ether oxygens (including phenoxy) is 2. The molecule has 0 amide bonds. The lowest BCUT2D eigenvalue weighted by Gasteiger charge is -2.13. The number of allylic oxidation sites excluding steroid dienone is 5. The van der Waals surface area contributed by atoms with Gasteiger partial charge in [0, 0.05) is 18.8 Å². The molecule has 1 aliphatic carbocycles. The van der Waals surface area contributed by atoms with Gasteiger partial charge in [0.2, 0.25) is 0 Å². The maximum atomic E-state index is 12.2. The third kappa shape index (κ3) is 21.5. The molecule has 0 spiro atoms. The summed E-state index contributed by atoms with van der Waals surface area (Å²) in [7, 11) is 0. The van der Waals surface area contributed by atoms with Crippen LogP contribution in [0.25, 0.3) is 0 Å². The predicted octanol–water partition coefficient (Wildman–Crippen LogP) is 7.98. The summed E-state index contributed by atoms with van der Waals surface area (Å²) in [5, 5.41) is 20.1. The van der Waals surface area contributed by atoms with Gasteiger partial charge in [0.05, 0.1) is 6.10 Å². The van der Waals surface area contributed by atoms with Gasteiger partial charge in [-0.2, -0.15) is 0 Å². The van der Waals surface area contributed by atoms with Crippen molar-refractivity contribution in [2.24, 2.45) is 17.8 Å². The lowest BCUT2D eigenvalue weighted by Crippen LogP contribution is -2.25. The van der Waals surface area contributed by atoms with Gasteiger partial charge in [0.25, 0.3) is 0 Å². The quantitative estimate of drug-likeness (QED) is 0.0546. The van der Waals surface area contributed by atoms with Crippen LogP contribution in [0.5, 0.6) is 0 Å². The molecule has 0 aromatic carbocycles. The summed E-state index contributed by atoms with van der Waals surface area (Å²) in [5.74, 6) is -0.00109. The Hall–Kier alpha value is -2.25. The fourth-order valence-electron chi connectivity index (χ4n) is 5.26. The Labute approximate surface area is 267 Å². The molecule has 0 bridgehead atoms. The van der Waals surface area contributed by atoms with Crippen molar-refractivity contribution >= 4 is 17.7 Å². The van der Waals surface area contributed by atoms with E-state index in [-0.39, 0.29) is 43.2 Å². The molecule has 0 aliphatic heterocycles. The Balaban J connectivity index is 2.06. The van der Waals surface area contributed by atoms with Crippen molar-refractivity contribution in [1.82, 2.24) is 0 Å². The van der Waals surface area contributed by atoms with Crippen molar-refractivity contribution in [1.29, 1.82) is 0 Å². The van der Waals surface area contributed by atoms with Crippen molar-refractivity contribution in [3.8, 4) is 0 Å². The number of ketones is 1. The van der Waals surface area contributed by atoms with Crippen LogP contribution in [0.3, 0.4) is 0 Å². The Morgan fingerprint density at radius 1 is 0.818 bits per heavy atom. The zero-order chi connectivity index (χ0) is 32.4. The van der Waals surface area contributed by atoms with Crippen molar-refractivity contribution in [2.45, 2.75) is 149 Å². The predicted molar refractivity (Wildman–Crippen MR) is 177 cm³/mol. The zero-order valence-electron chi connectivity index (χ0n) is 27.9. The minimum Gasteiger partial charge on any atom is -0.463 e. The van der Waals surface area contributed by atoms with Crippen molar-refractivity contribution in [3.05, 3.63) is 36.5 Å². The van der Waals surface area contributed by atoms with E-state index in [1.165, 1.54) is 38.5 Å². The highest BCUT2D eigenvalue weighted by Crippen LogP contribution is 2.27. The molecule has 0 saturated heterocycles. The number of esters is 2. The summed E-state index contributed by atoms with van der Waals surface area (Å²) in [6.07, 6.45) is 26.8. The SMILES string of the molecule is CCCCC[C@H](O)/C=C/[C@H]1C(=O)C=C[C@@H]1C/C=C\CCCC(=O)OC[C@@H](O)COC(=O)CCCCCCCCCCC(C)C. The molecule has 0 fully saturated rings. The van der Waals surface area contributed by atoms with Crippen LogP contribution in [-0.2, 0) is 23.9 Å². The van der Waals surface area contributed by atoms with Gasteiger partial charge < -0.3 is 19.7 Å². The molecule has 7 nitrogen and oxygen atoms in total. The molecule has 0 unspecified atom stereocenters. The smallest absolute Gasteiger partial charge is 0.305 e. The van der Waals surface area contributed by atoms with Crippen LogP contribution >= 0.6 is 0 Å². The average molecular weight is 619 g/mol. The fraction of sp³-hybridized carbons (Fsp3) is 0.757. The van der Waals surface area contributed by atoms with E-state index < -0.39 is 18.2 Å². The first-order chi connectivity index (χ1) is 21.2. The third-order valence-electron chi connectivity index (χ3n) is 8.05. The van der Waals surface area contributed by atoms with Crippen LogP contribution in [0.1, 0.15) is 136 Å². The number of unbranched alkanes of at least 4 members (excludes halogenated alkanes) is 10. The van der Waals surface area contributed by atoms with Gasteiger partial charge in [-0.05, 0) is 50.0 Å². The number of hydrogen-bond acceptors (Lipinski definition) is 7. The van der Waals surface area contributed by atoms with E-state index in [0.29, 0.717) is 19.3 Å². The van der Waals surface area contributed by atoms with E-state index in [0.717, 1.165) is 57.3 Å². The average Bonchev–Trinajstić information content (AvgIpc) is 3.35. The Morgan fingerprint density at radius 2 is 1.41 bits per heavy atom. The van der Waals surface area contributed by atoms with Crippen LogP contribution in [0.2, 0.25) is 0 Å².